The molecule has 2 unspecified atom stereocenters. The summed E-state index contributed by atoms with van der Waals surface area (Å²) >= 11 is 0. The lowest BCUT2D eigenvalue weighted by molar-refractivity contribution is -0.138. The number of carbonyl (C=O) groups is 2. The molecule has 2 aromatic rings. The van der Waals surface area contributed by atoms with E-state index in [9.17, 15) is 14.7 Å². The molecule has 8 heteroatoms. The summed E-state index contributed by atoms with van der Waals surface area (Å²) in [6.45, 7) is 1.16. The summed E-state index contributed by atoms with van der Waals surface area (Å²) in [7, 11) is 1.77. The first-order valence-electron chi connectivity index (χ1n) is 8.56. The Morgan fingerprint density at radius 1 is 1.27 bits per heavy atom. The van der Waals surface area contributed by atoms with Gasteiger partial charge < -0.3 is 14.7 Å². The number of rotatable bonds is 7. The smallest absolute Gasteiger partial charge is 0.303 e. The van der Waals surface area contributed by atoms with Gasteiger partial charge in [0, 0.05) is 32.3 Å². The molecule has 26 heavy (non-hydrogen) atoms. The minimum atomic E-state index is -0.870. The maximum atomic E-state index is 12.5. The summed E-state index contributed by atoms with van der Waals surface area (Å²) in [6, 6.07) is 9.33. The number of likely N-dealkylation sites (tertiary alicyclic amines) is 1. The van der Waals surface area contributed by atoms with Crippen molar-refractivity contribution in [1.82, 2.24) is 19.9 Å². The zero-order chi connectivity index (χ0) is 18.5. The quantitative estimate of drug-likeness (QED) is 0.801. The Labute approximate surface area is 151 Å². The second kappa shape index (κ2) is 7.99. The third-order valence-corrected chi connectivity index (χ3v) is 4.56. The van der Waals surface area contributed by atoms with Crippen molar-refractivity contribution in [3.05, 3.63) is 42.2 Å². The van der Waals surface area contributed by atoms with Gasteiger partial charge in [-0.3, -0.25) is 14.3 Å². The minimum absolute atomic E-state index is 0.00549. The van der Waals surface area contributed by atoms with Crippen molar-refractivity contribution >= 4 is 11.9 Å². The molecule has 1 aromatic heterocycles. The molecule has 0 aliphatic carbocycles. The topological polar surface area (TPSA) is 97.5 Å². The predicted molar refractivity (Wildman–Crippen MR) is 92.6 cm³/mol. The summed E-state index contributed by atoms with van der Waals surface area (Å²) in [5.41, 5.74) is 0.731. The fraction of sp³-hybridized carbons (Fsp3) is 0.444. The van der Waals surface area contributed by atoms with Gasteiger partial charge in [-0.05, 0) is 18.1 Å². The molecule has 0 spiro atoms. The molecular formula is C18H22N4O4. The van der Waals surface area contributed by atoms with Crippen LogP contribution >= 0.6 is 0 Å². The Morgan fingerprint density at radius 2 is 2.04 bits per heavy atom. The Hall–Kier alpha value is -2.90. The van der Waals surface area contributed by atoms with Gasteiger partial charge in [0.05, 0.1) is 25.1 Å². The zero-order valence-corrected chi connectivity index (χ0v) is 14.6. The van der Waals surface area contributed by atoms with E-state index in [4.69, 9.17) is 4.74 Å². The Balaban J connectivity index is 1.59. The van der Waals surface area contributed by atoms with Crippen LogP contribution in [0.2, 0.25) is 0 Å². The van der Waals surface area contributed by atoms with Crippen LogP contribution in [0.25, 0.3) is 0 Å². The molecule has 1 fully saturated rings. The van der Waals surface area contributed by atoms with E-state index in [-0.39, 0.29) is 30.6 Å². The number of nitrogens with zero attached hydrogens (tertiary/aromatic N) is 4. The molecule has 2 heterocycles. The van der Waals surface area contributed by atoms with Crippen LogP contribution in [0.15, 0.2) is 36.5 Å². The third-order valence-electron chi connectivity index (χ3n) is 4.56. The molecule has 2 atom stereocenters. The fourth-order valence-electron chi connectivity index (χ4n) is 3.31. The number of hydrogen-bond acceptors (Lipinski definition) is 5. The van der Waals surface area contributed by atoms with Crippen molar-refractivity contribution in [3.63, 3.8) is 0 Å². The molecule has 1 N–H and O–H groups in total. The van der Waals surface area contributed by atoms with E-state index in [0.29, 0.717) is 19.7 Å². The molecule has 1 amide bonds. The Kier molecular flexibility index (Phi) is 5.50. The highest BCUT2D eigenvalue weighted by atomic mass is 16.5. The highest BCUT2D eigenvalue weighted by molar-refractivity contribution is 5.77. The lowest BCUT2D eigenvalue weighted by atomic mass is 9.91. The van der Waals surface area contributed by atoms with Crippen LogP contribution in [0.1, 0.15) is 24.5 Å². The number of aromatic nitrogens is 3. The number of amides is 1. The number of aryl methyl sites for hydroxylation is 1. The van der Waals surface area contributed by atoms with Gasteiger partial charge in [-0.15, -0.1) is 5.10 Å². The lowest BCUT2D eigenvalue weighted by Crippen LogP contribution is -2.30. The van der Waals surface area contributed by atoms with Gasteiger partial charge >= 0.3 is 5.97 Å². The van der Waals surface area contributed by atoms with E-state index in [2.05, 4.69) is 10.3 Å². The highest BCUT2D eigenvalue weighted by Crippen LogP contribution is 2.34. The van der Waals surface area contributed by atoms with Crippen molar-refractivity contribution in [3.8, 4) is 5.75 Å². The molecule has 3 rings (SSSR count). The number of carboxylic acid groups (broad SMARTS) is 1. The molecule has 1 aliphatic rings. The number of para-hydroxylation sites is 1. The largest absolute Gasteiger partial charge is 0.493 e. The van der Waals surface area contributed by atoms with Crippen molar-refractivity contribution in [2.45, 2.75) is 18.8 Å². The number of ether oxygens (including phenoxy) is 1. The van der Waals surface area contributed by atoms with E-state index in [1.165, 1.54) is 0 Å². The second-order valence-electron chi connectivity index (χ2n) is 6.49. The van der Waals surface area contributed by atoms with Crippen molar-refractivity contribution in [1.29, 1.82) is 0 Å². The Bertz CT molecular complexity index is 762. The van der Waals surface area contributed by atoms with Crippen LogP contribution in [0, 0.1) is 5.92 Å². The van der Waals surface area contributed by atoms with Crippen LogP contribution < -0.4 is 4.74 Å². The summed E-state index contributed by atoms with van der Waals surface area (Å²) in [4.78, 5) is 25.4. The van der Waals surface area contributed by atoms with E-state index >= 15 is 0 Å². The minimum Gasteiger partial charge on any atom is -0.493 e. The monoisotopic (exact) mass is 358 g/mol. The number of benzene rings is 1. The first-order valence-corrected chi connectivity index (χ1v) is 8.56. The molecule has 1 aromatic carbocycles. The molecule has 8 nitrogen and oxygen atoms in total. The van der Waals surface area contributed by atoms with E-state index in [0.717, 1.165) is 11.4 Å². The molecule has 0 radical (unpaired) electrons. The summed E-state index contributed by atoms with van der Waals surface area (Å²) in [5.74, 6) is -0.460. The third kappa shape index (κ3) is 4.38. The van der Waals surface area contributed by atoms with Crippen LogP contribution in [0.3, 0.4) is 0 Å². The highest BCUT2D eigenvalue weighted by Gasteiger charge is 2.38. The van der Waals surface area contributed by atoms with Crippen LogP contribution in [0.4, 0.5) is 0 Å². The normalized spacial score (nSPS) is 19.5. The van der Waals surface area contributed by atoms with Crippen molar-refractivity contribution < 1.29 is 19.4 Å². The Morgan fingerprint density at radius 3 is 2.69 bits per heavy atom. The number of carboxylic acids is 1. The maximum Gasteiger partial charge on any atom is 0.303 e. The van der Waals surface area contributed by atoms with Crippen LogP contribution in [0.5, 0.6) is 5.75 Å². The fourth-order valence-corrected chi connectivity index (χ4v) is 3.31. The van der Waals surface area contributed by atoms with E-state index in [1.807, 2.05) is 30.3 Å². The van der Waals surface area contributed by atoms with Gasteiger partial charge in [0.15, 0.2) is 0 Å². The molecule has 0 saturated carbocycles. The average Bonchev–Trinajstić information content (AvgIpc) is 3.21. The lowest BCUT2D eigenvalue weighted by Gasteiger charge is -2.16. The van der Waals surface area contributed by atoms with Gasteiger partial charge in [-0.25, -0.2) is 0 Å². The van der Waals surface area contributed by atoms with Gasteiger partial charge in [0.25, 0.3) is 0 Å². The predicted octanol–water partition coefficient (Wildman–Crippen LogP) is 1.30. The average molecular weight is 358 g/mol. The first-order chi connectivity index (χ1) is 12.5. The molecule has 1 saturated heterocycles. The van der Waals surface area contributed by atoms with Gasteiger partial charge in [-0.2, -0.15) is 0 Å². The maximum absolute atomic E-state index is 12.5. The molecular weight excluding hydrogens is 336 g/mol. The standard InChI is InChI=1S/C18H22N4O4/c1-21-12-16(19-20-21)15-11-22(10-13(15)9-18(24)25)17(23)7-8-26-14-5-3-2-4-6-14/h2-6,12-13,15H,7-11H2,1H3,(H,24,25). The molecule has 0 bridgehead atoms. The zero-order valence-electron chi connectivity index (χ0n) is 14.6. The summed E-state index contributed by atoms with van der Waals surface area (Å²) in [6.07, 6.45) is 2.04. The first kappa shape index (κ1) is 17.9. The second-order valence-corrected chi connectivity index (χ2v) is 6.49. The number of carbonyl (C=O) groups excluding carboxylic acids is 1. The SMILES string of the molecule is Cn1cc(C2CN(C(=O)CCOc3ccccc3)CC2CC(=O)O)nn1. The van der Waals surface area contributed by atoms with Gasteiger partial charge in [0.1, 0.15) is 5.75 Å². The van der Waals surface area contributed by atoms with Gasteiger partial charge in [-0.1, -0.05) is 23.4 Å². The van der Waals surface area contributed by atoms with E-state index < -0.39 is 5.97 Å². The van der Waals surface area contributed by atoms with Crippen molar-refractivity contribution in [2.75, 3.05) is 19.7 Å². The van der Waals surface area contributed by atoms with Crippen LogP contribution in [-0.4, -0.2) is 56.6 Å². The summed E-state index contributed by atoms with van der Waals surface area (Å²) < 4.78 is 7.16. The number of hydrogen-bond donors (Lipinski definition) is 1. The van der Waals surface area contributed by atoms with Crippen molar-refractivity contribution in [2.24, 2.45) is 13.0 Å². The van der Waals surface area contributed by atoms with Crippen LogP contribution in [-0.2, 0) is 16.6 Å². The number of aliphatic carboxylic acids is 1. The molecule has 1 aliphatic heterocycles. The van der Waals surface area contributed by atoms with Gasteiger partial charge in [0.2, 0.25) is 5.91 Å². The summed E-state index contributed by atoms with van der Waals surface area (Å²) in [5, 5.41) is 17.2. The molecule has 138 valence electrons. The van der Waals surface area contributed by atoms with E-state index in [1.54, 1.807) is 22.8 Å².